The van der Waals surface area contributed by atoms with Gasteiger partial charge in [-0.1, -0.05) is 30.1 Å². The van der Waals surface area contributed by atoms with E-state index in [1.807, 2.05) is 6.92 Å². The van der Waals surface area contributed by atoms with Crippen molar-refractivity contribution in [1.82, 2.24) is 14.9 Å². The van der Waals surface area contributed by atoms with Crippen LogP contribution in [0.4, 0.5) is 0 Å². The van der Waals surface area contributed by atoms with Gasteiger partial charge in [0, 0.05) is 0 Å². The minimum absolute atomic E-state index is 0.336. The molecule has 0 bridgehead atoms. The predicted octanol–water partition coefficient (Wildman–Crippen LogP) is 5.18. The second-order valence-electron chi connectivity index (χ2n) is 5.05. The maximum Gasteiger partial charge on any atom is 0.219 e. The molecule has 3 rings (SSSR count). The van der Waals surface area contributed by atoms with E-state index in [0.717, 1.165) is 6.42 Å². The first-order valence-corrected chi connectivity index (χ1v) is 8.64. The predicted molar refractivity (Wildman–Crippen MR) is 100 cm³/mol. The molecule has 25 heavy (non-hydrogen) atoms. The molecule has 0 unspecified atom stereocenters. The minimum Gasteiger partial charge on any atom is -0.490 e. The Morgan fingerprint density at radius 3 is 2.80 bits per heavy atom. The van der Waals surface area contributed by atoms with Gasteiger partial charge >= 0.3 is 0 Å². The highest BCUT2D eigenvalue weighted by Gasteiger charge is 2.11. The Hall–Kier alpha value is -2.09. The van der Waals surface area contributed by atoms with Crippen LogP contribution in [-0.4, -0.2) is 27.7 Å². The molecule has 2 aromatic heterocycles. The van der Waals surface area contributed by atoms with Crippen LogP contribution in [-0.2, 0) is 0 Å². The molecule has 9 heteroatoms. The minimum atomic E-state index is 0.336. The van der Waals surface area contributed by atoms with Gasteiger partial charge in [0.1, 0.15) is 0 Å². The summed E-state index contributed by atoms with van der Waals surface area (Å²) in [5.41, 5.74) is 0.701. The molecule has 0 saturated heterocycles. The van der Waals surface area contributed by atoms with Crippen molar-refractivity contribution >= 4 is 41.6 Å². The van der Waals surface area contributed by atoms with Crippen molar-refractivity contribution in [3.05, 3.63) is 50.9 Å². The number of nitrogens with zero attached hydrogens (tertiary/aromatic N) is 3. The van der Waals surface area contributed by atoms with Gasteiger partial charge in [0.15, 0.2) is 11.5 Å². The highest BCUT2D eigenvalue weighted by Crippen LogP contribution is 2.34. The zero-order chi connectivity index (χ0) is 17.8. The smallest absolute Gasteiger partial charge is 0.219 e. The number of halogens is 2. The summed E-state index contributed by atoms with van der Waals surface area (Å²) in [6.45, 7) is 2.55. The average molecular weight is 397 g/mol. The van der Waals surface area contributed by atoms with Crippen LogP contribution in [0.3, 0.4) is 0 Å². The highest BCUT2D eigenvalue weighted by atomic mass is 35.5. The Bertz CT molecular complexity index is 924. The summed E-state index contributed by atoms with van der Waals surface area (Å²) in [4.78, 5) is 0. The van der Waals surface area contributed by atoms with Gasteiger partial charge in [-0.3, -0.25) is 0 Å². The molecule has 6 nitrogen and oxygen atoms in total. The first kappa shape index (κ1) is 17.7. The number of rotatable bonds is 6. The van der Waals surface area contributed by atoms with Crippen LogP contribution in [0.15, 0.2) is 40.0 Å². The maximum atomic E-state index is 6.24. The topological polar surface area (TPSA) is 68.3 Å². The lowest BCUT2D eigenvalue weighted by molar-refractivity contribution is 0.318. The quantitative estimate of drug-likeness (QED) is 0.460. The second kappa shape index (κ2) is 7.86. The van der Waals surface area contributed by atoms with Crippen LogP contribution in [0.5, 0.6) is 5.75 Å². The van der Waals surface area contributed by atoms with E-state index < -0.39 is 0 Å². The van der Waals surface area contributed by atoms with E-state index in [1.54, 1.807) is 36.7 Å². The number of furan rings is 1. The van der Waals surface area contributed by atoms with Crippen molar-refractivity contribution in [3.63, 3.8) is 0 Å². The third-order valence-electron chi connectivity index (χ3n) is 3.19. The Morgan fingerprint density at radius 2 is 2.16 bits per heavy atom. The van der Waals surface area contributed by atoms with Crippen molar-refractivity contribution in [2.75, 3.05) is 6.61 Å². The van der Waals surface area contributed by atoms with E-state index in [1.165, 1.54) is 4.68 Å². The summed E-state index contributed by atoms with van der Waals surface area (Å²) in [6, 6.07) is 6.97. The standard InChI is InChI=1S/C16H14Cl2N4O2S/c1-2-5-24-14-11(17)7-10(8-12(14)18)9-19-22-15(20-21-16(22)25)13-4-3-6-23-13/h3-4,6-9H,2,5H2,1H3,(H,21,25)/b19-9-. The van der Waals surface area contributed by atoms with E-state index in [0.29, 0.717) is 44.3 Å². The molecule has 2 heterocycles. The molecule has 1 N–H and O–H groups in total. The third kappa shape index (κ3) is 3.95. The number of benzene rings is 1. The van der Waals surface area contributed by atoms with E-state index in [-0.39, 0.29) is 0 Å². The highest BCUT2D eigenvalue weighted by molar-refractivity contribution is 7.71. The summed E-state index contributed by atoms with van der Waals surface area (Å²) in [7, 11) is 0. The van der Waals surface area contributed by atoms with Gasteiger partial charge in [-0.15, -0.1) is 5.10 Å². The third-order valence-corrected chi connectivity index (χ3v) is 4.01. The number of H-pyrrole nitrogens is 1. The molecule has 1 aromatic carbocycles. The van der Waals surface area contributed by atoms with Gasteiger partial charge in [0.05, 0.1) is 29.1 Å². The number of hydrogen-bond acceptors (Lipinski definition) is 5. The molecule has 0 aliphatic heterocycles. The van der Waals surface area contributed by atoms with Crippen molar-refractivity contribution < 1.29 is 9.15 Å². The fourth-order valence-electron chi connectivity index (χ4n) is 2.08. The first-order chi connectivity index (χ1) is 12.1. The lowest BCUT2D eigenvalue weighted by Gasteiger charge is -2.09. The fourth-order valence-corrected chi connectivity index (χ4v) is 2.88. The van der Waals surface area contributed by atoms with E-state index in [9.17, 15) is 0 Å². The van der Waals surface area contributed by atoms with Crippen LogP contribution >= 0.6 is 35.4 Å². The Balaban J connectivity index is 1.91. The molecular formula is C16H14Cl2N4O2S. The molecule has 0 amide bonds. The molecule has 3 aromatic rings. The molecule has 0 atom stereocenters. The second-order valence-corrected chi connectivity index (χ2v) is 6.25. The molecule has 0 aliphatic rings. The number of nitrogens with one attached hydrogen (secondary N) is 1. The molecule has 0 saturated carbocycles. The number of hydrogen-bond donors (Lipinski definition) is 1. The monoisotopic (exact) mass is 396 g/mol. The van der Waals surface area contributed by atoms with Crippen LogP contribution in [0.2, 0.25) is 10.0 Å². The molecule has 0 radical (unpaired) electrons. The maximum absolute atomic E-state index is 6.24. The zero-order valence-electron chi connectivity index (χ0n) is 13.2. The van der Waals surface area contributed by atoms with Gasteiger partial charge < -0.3 is 9.15 Å². The van der Waals surface area contributed by atoms with E-state index in [4.69, 9.17) is 44.6 Å². The van der Waals surface area contributed by atoms with Crippen molar-refractivity contribution in [2.24, 2.45) is 5.10 Å². The molecule has 0 aliphatic carbocycles. The van der Waals surface area contributed by atoms with Crippen molar-refractivity contribution in [3.8, 4) is 17.3 Å². The summed E-state index contributed by atoms with van der Waals surface area (Å²) >= 11 is 17.7. The average Bonchev–Trinajstić information content (AvgIpc) is 3.22. The van der Waals surface area contributed by atoms with Gasteiger partial charge in [-0.25, -0.2) is 5.10 Å². The molecule has 0 fully saturated rings. The van der Waals surface area contributed by atoms with Gasteiger partial charge in [0.2, 0.25) is 10.6 Å². The molecule has 130 valence electrons. The first-order valence-electron chi connectivity index (χ1n) is 7.47. The lowest BCUT2D eigenvalue weighted by Crippen LogP contribution is -1.98. The molecule has 0 spiro atoms. The van der Waals surface area contributed by atoms with Gasteiger partial charge in [-0.2, -0.15) is 9.78 Å². The number of ether oxygens (including phenoxy) is 1. The largest absolute Gasteiger partial charge is 0.490 e. The van der Waals surface area contributed by atoms with Crippen molar-refractivity contribution in [2.45, 2.75) is 13.3 Å². The Morgan fingerprint density at radius 1 is 1.40 bits per heavy atom. The molecular weight excluding hydrogens is 383 g/mol. The van der Waals surface area contributed by atoms with Crippen LogP contribution < -0.4 is 4.74 Å². The van der Waals surface area contributed by atoms with E-state index in [2.05, 4.69) is 15.3 Å². The van der Waals surface area contributed by atoms with Crippen LogP contribution in [0.1, 0.15) is 18.9 Å². The number of aromatic nitrogens is 3. The zero-order valence-corrected chi connectivity index (χ0v) is 15.5. The normalized spacial score (nSPS) is 11.3. The Kier molecular flexibility index (Phi) is 5.57. The van der Waals surface area contributed by atoms with Crippen LogP contribution in [0.25, 0.3) is 11.6 Å². The summed E-state index contributed by atoms with van der Waals surface area (Å²) in [6.07, 6.45) is 4.00. The van der Waals surface area contributed by atoms with Gasteiger partial charge in [0.25, 0.3) is 0 Å². The van der Waals surface area contributed by atoms with Gasteiger partial charge in [-0.05, 0) is 48.5 Å². The van der Waals surface area contributed by atoms with Crippen LogP contribution in [0, 0.1) is 4.77 Å². The summed E-state index contributed by atoms with van der Waals surface area (Å²) < 4.78 is 12.7. The summed E-state index contributed by atoms with van der Waals surface area (Å²) in [5, 5.41) is 12.0. The van der Waals surface area contributed by atoms with Crippen molar-refractivity contribution in [1.29, 1.82) is 0 Å². The summed E-state index contributed by atoms with van der Waals surface area (Å²) in [5.74, 6) is 1.48. The lowest BCUT2D eigenvalue weighted by atomic mass is 10.2. The number of aromatic amines is 1. The fraction of sp³-hybridized carbons (Fsp3) is 0.188. The SMILES string of the molecule is CCCOc1c(Cl)cc(/C=N\n2c(-c3ccco3)n[nH]c2=S)cc1Cl. The Labute approximate surface area is 159 Å². The van der Waals surface area contributed by atoms with E-state index >= 15 is 0 Å².